The monoisotopic (exact) mass is 512 g/mol. The van der Waals surface area contributed by atoms with Crippen molar-refractivity contribution >= 4 is 29.1 Å². The van der Waals surface area contributed by atoms with Gasteiger partial charge in [0.15, 0.2) is 0 Å². The fourth-order valence-electron chi connectivity index (χ4n) is 3.84. The molecule has 0 aliphatic carbocycles. The average molecular weight is 513 g/mol. The molecule has 36 heavy (non-hydrogen) atoms. The number of amides is 2. The van der Waals surface area contributed by atoms with Gasteiger partial charge in [-0.15, -0.1) is 0 Å². The van der Waals surface area contributed by atoms with E-state index < -0.39 is 5.41 Å². The lowest BCUT2D eigenvalue weighted by Gasteiger charge is -2.24. The van der Waals surface area contributed by atoms with Crippen molar-refractivity contribution in [2.45, 2.75) is 47.1 Å². The molecule has 8 nitrogen and oxygen atoms in total. The van der Waals surface area contributed by atoms with E-state index in [2.05, 4.69) is 10.6 Å². The number of nitrogens with one attached hydrogen (secondary N) is 2. The third-order valence-corrected chi connectivity index (χ3v) is 5.97. The lowest BCUT2D eigenvalue weighted by molar-refractivity contribution is -0.118. The van der Waals surface area contributed by atoms with Crippen molar-refractivity contribution < 1.29 is 14.3 Å². The van der Waals surface area contributed by atoms with Crippen molar-refractivity contribution in [1.82, 2.24) is 14.7 Å². The summed E-state index contributed by atoms with van der Waals surface area (Å²) in [6.45, 7) is 9.51. The van der Waals surface area contributed by atoms with E-state index in [0.29, 0.717) is 27.7 Å². The summed E-state index contributed by atoms with van der Waals surface area (Å²) >= 11 is 6.09. The molecule has 1 aromatic heterocycles. The number of carbonyl (C=O) groups excluding carboxylic acids is 2. The standard InChI is InChI=1S/C27H33ClN4O4/c1-17(2)36-22-13-12-19(28)14-21(22)25(34)29-16-27(4,5)15-23(33)30-24-18(3)31(6)32(26(24)35)20-10-8-7-9-11-20/h7-14,17H,15-16H2,1-6H3,(H,29,34)(H,30,33). The Morgan fingerprint density at radius 1 is 1.11 bits per heavy atom. The number of para-hydroxylation sites is 1. The summed E-state index contributed by atoms with van der Waals surface area (Å²) in [5, 5.41) is 6.08. The summed E-state index contributed by atoms with van der Waals surface area (Å²) in [7, 11) is 1.77. The van der Waals surface area contributed by atoms with E-state index in [0.717, 1.165) is 0 Å². The van der Waals surface area contributed by atoms with Gasteiger partial charge in [-0.1, -0.05) is 43.6 Å². The number of carbonyl (C=O) groups is 2. The second kappa shape index (κ2) is 11.0. The van der Waals surface area contributed by atoms with Crippen LogP contribution in [0.5, 0.6) is 5.75 Å². The Bertz CT molecular complexity index is 1310. The van der Waals surface area contributed by atoms with Gasteiger partial charge in [0.1, 0.15) is 11.4 Å². The van der Waals surface area contributed by atoms with Crippen LogP contribution < -0.4 is 20.9 Å². The number of aromatic nitrogens is 2. The molecular formula is C27H33ClN4O4. The van der Waals surface area contributed by atoms with E-state index in [9.17, 15) is 14.4 Å². The summed E-state index contributed by atoms with van der Waals surface area (Å²) in [6, 6.07) is 14.1. The maximum atomic E-state index is 13.1. The molecule has 0 saturated heterocycles. The molecule has 0 saturated carbocycles. The van der Waals surface area contributed by atoms with Crippen LogP contribution >= 0.6 is 11.6 Å². The van der Waals surface area contributed by atoms with Crippen molar-refractivity contribution in [2.24, 2.45) is 12.5 Å². The number of nitrogens with zero attached hydrogens (tertiary/aromatic N) is 2. The Balaban J connectivity index is 1.68. The van der Waals surface area contributed by atoms with Gasteiger partial charge in [0.2, 0.25) is 5.91 Å². The number of hydrogen-bond acceptors (Lipinski definition) is 4. The molecule has 2 amide bonds. The minimum Gasteiger partial charge on any atom is -0.490 e. The molecule has 0 unspecified atom stereocenters. The van der Waals surface area contributed by atoms with Gasteiger partial charge < -0.3 is 15.4 Å². The van der Waals surface area contributed by atoms with E-state index in [1.54, 1.807) is 36.9 Å². The summed E-state index contributed by atoms with van der Waals surface area (Å²) < 4.78 is 8.95. The van der Waals surface area contributed by atoms with Gasteiger partial charge in [0.25, 0.3) is 11.5 Å². The molecule has 3 aromatic rings. The van der Waals surface area contributed by atoms with Crippen molar-refractivity contribution in [2.75, 3.05) is 11.9 Å². The highest BCUT2D eigenvalue weighted by Crippen LogP contribution is 2.25. The third-order valence-electron chi connectivity index (χ3n) is 5.73. The molecule has 3 rings (SSSR count). The molecule has 9 heteroatoms. The van der Waals surface area contributed by atoms with E-state index >= 15 is 0 Å². The number of halogens is 1. The minimum absolute atomic E-state index is 0.0945. The highest BCUT2D eigenvalue weighted by molar-refractivity contribution is 6.31. The van der Waals surface area contributed by atoms with E-state index in [-0.39, 0.29) is 42.1 Å². The SMILES string of the molecule is Cc1c(NC(=O)CC(C)(C)CNC(=O)c2cc(Cl)ccc2OC(C)C)c(=O)n(-c2ccccc2)n1C. The van der Waals surface area contributed by atoms with E-state index in [1.807, 2.05) is 58.0 Å². The molecule has 0 aliphatic rings. The molecule has 0 aliphatic heterocycles. The Labute approximate surface area is 216 Å². The van der Waals surface area contributed by atoms with Gasteiger partial charge in [-0.3, -0.25) is 19.1 Å². The van der Waals surface area contributed by atoms with Crippen LogP contribution in [0.2, 0.25) is 5.02 Å². The van der Waals surface area contributed by atoms with Gasteiger partial charge in [-0.2, -0.15) is 0 Å². The predicted molar refractivity (Wildman–Crippen MR) is 142 cm³/mol. The number of benzene rings is 2. The van der Waals surface area contributed by atoms with Crippen molar-refractivity contribution in [3.8, 4) is 11.4 Å². The molecule has 2 N–H and O–H groups in total. The zero-order valence-electron chi connectivity index (χ0n) is 21.5. The zero-order valence-corrected chi connectivity index (χ0v) is 22.3. The number of anilines is 1. The van der Waals surface area contributed by atoms with Gasteiger partial charge >= 0.3 is 0 Å². The van der Waals surface area contributed by atoms with Crippen LogP contribution in [-0.2, 0) is 11.8 Å². The Hall–Kier alpha value is -3.52. The smallest absolute Gasteiger partial charge is 0.295 e. The molecule has 2 aromatic carbocycles. The number of hydrogen-bond donors (Lipinski definition) is 2. The van der Waals surface area contributed by atoms with Crippen LogP contribution in [0.15, 0.2) is 53.3 Å². The Morgan fingerprint density at radius 2 is 1.78 bits per heavy atom. The molecule has 0 fully saturated rings. The summed E-state index contributed by atoms with van der Waals surface area (Å²) in [4.78, 5) is 38.9. The quantitative estimate of drug-likeness (QED) is 0.434. The Kier molecular flexibility index (Phi) is 8.30. The summed E-state index contributed by atoms with van der Waals surface area (Å²) in [5.74, 6) is -0.213. The first-order valence-corrected chi connectivity index (χ1v) is 12.2. The van der Waals surface area contributed by atoms with Gasteiger partial charge in [-0.25, -0.2) is 4.68 Å². The van der Waals surface area contributed by atoms with Crippen LogP contribution in [0, 0.1) is 12.3 Å². The third kappa shape index (κ3) is 6.37. The maximum absolute atomic E-state index is 13.1. The van der Waals surface area contributed by atoms with E-state index in [1.165, 1.54) is 4.68 Å². The lowest BCUT2D eigenvalue weighted by Crippen LogP contribution is -2.37. The summed E-state index contributed by atoms with van der Waals surface area (Å²) in [5.41, 5.74) is 1.02. The first kappa shape index (κ1) is 27.1. The fourth-order valence-corrected chi connectivity index (χ4v) is 4.02. The number of ether oxygens (including phenoxy) is 1. The van der Waals surface area contributed by atoms with Crippen LogP contribution in [-0.4, -0.2) is 33.8 Å². The van der Waals surface area contributed by atoms with Crippen molar-refractivity contribution in [1.29, 1.82) is 0 Å². The highest BCUT2D eigenvalue weighted by atomic mass is 35.5. The topological polar surface area (TPSA) is 94.4 Å². The second-order valence-corrected chi connectivity index (χ2v) is 10.3. The van der Waals surface area contributed by atoms with E-state index in [4.69, 9.17) is 16.3 Å². The maximum Gasteiger partial charge on any atom is 0.295 e. The van der Waals surface area contributed by atoms with Crippen LogP contribution in [0.25, 0.3) is 5.69 Å². The molecular weight excluding hydrogens is 480 g/mol. The minimum atomic E-state index is -0.585. The first-order valence-electron chi connectivity index (χ1n) is 11.8. The molecule has 0 radical (unpaired) electrons. The molecule has 0 spiro atoms. The normalized spacial score (nSPS) is 11.4. The van der Waals surface area contributed by atoms with Crippen molar-refractivity contribution in [3.63, 3.8) is 0 Å². The zero-order chi connectivity index (χ0) is 26.6. The fraction of sp³-hybridized carbons (Fsp3) is 0.370. The molecule has 192 valence electrons. The molecule has 0 atom stereocenters. The van der Waals surface area contributed by atoms with Crippen molar-refractivity contribution in [3.05, 3.63) is 75.2 Å². The summed E-state index contributed by atoms with van der Waals surface area (Å²) in [6.07, 6.45) is -0.0112. The molecule has 1 heterocycles. The lowest BCUT2D eigenvalue weighted by atomic mass is 9.88. The first-order chi connectivity index (χ1) is 16.9. The Morgan fingerprint density at radius 3 is 2.42 bits per heavy atom. The van der Waals surface area contributed by atoms with Gasteiger partial charge in [0, 0.05) is 25.0 Å². The highest BCUT2D eigenvalue weighted by Gasteiger charge is 2.26. The van der Waals surface area contributed by atoms with Gasteiger partial charge in [-0.05, 0) is 56.5 Å². The molecule has 0 bridgehead atoms. The van der Waals surface area contributed by atoms with Gasteiger partial charge in [0.05, 0.1) is 23.0 Å². The second-order valence-electron chi connectivity index (χ2n) is 9.82. The predicted octanol–water partition coefficient (Wildman–Crippen LogP) is 4.71. The van der Waals surface area contributed by atoms with Crippen LogP contribution in [0.1, 0.15) is 50.2 Å². The number of rotatable bonds is 9. The van der Waals surface area contributed by atoms with Crippen LogP contribution in [0.3, 0.4) is 0 Å². The van der Waals surface area contributed by atoms with Crippen LogP contribution in [0.4, 0.5) is 5.69 Å². The largest absolute Gasteiger partial charge is 0.490 e. The average Bonchev–Trinajstić information content (AvgIpc) is 3.01.